The van der Waals surface area contributed by atoms with Gasteiger partial charge in [0.1, 0.15) is 0 Å². The van der Waals surface area contributed by atoms with Gasteiger partial charge in [-0.1, -0.05) is 20.8 Å². The fraction of sp³-hybridized carbons (Fsp3) is 0.500. The van der Waals surface area contributed by atoms with Crippen molar-refractivity contribution in [3.05, 3.63) is 17.1 Å². The lowest BCUT2D eigenvalue weighted by Crippen LogP contribution is -2.36. The molecule has 4 nitrogen and oxygen atoms in total. The Balaban J connectivity index is 2.12. The Morgan fingerprint density at radius 3 is 2.68 bits per heavy atom. The SMILES string of the molecule is CC(C)(C)c1nc2cc(N3CCOCC3)c(N=C=S)cc2s1. The Labute approximate surface area is 139 Å². The number of benzene rings is 1. The number of fused-ring (bicyclic) bond motifs is 1. The summed E-state index contributed by atoms with van der Waals surface area (Å²) in [4.78, 5) is 11.4. The molecule has 1 aromatic heterocycles. The number of aromatic nitrogens is 1. The molecule has 0 atom stereocenters. The topological polar surface area (TPSA) is 37.7 Å². The summed E-state index contributed by atoms with van der Waals surface area (Å²) in [6.45, 7) is 9.76. The molecule has 1 saturated heterocycles. The zero-order valence-electron chi connectivity index (χ0n) is 13.0. The maximum absolute atomic E-state index is 5.44. The number of rotatable bonds is 2. The minimum Gasteiger partial charge on any atom is -0.378 e. The van der Waals surface area contributed by atoms with Crippen molar-refractivity contribution in [1.82, 2.24) is 4.98 Å². The lowest BCUT2D eigenvalue weighted by atomic mass is 9.98. The number of anilines is 1. The number of hydrogen-bond acceptors (Lipinski definition) is 6. The summed E-state index contributed by atoms with van der Waals surface area (Å²) < 4.78 is 6.58. The van der Waals surface area contributed by atoms with E-state index in [1.54, 1.807) is 11.3 Å². The van der Waals surface area contributed by atoms with E-state index in [1.807, 2.05) is 0 Å². The molecule has 0 amide bonds. The quantitative estimate of drug-likeness (QED) is 0.611. The van der Waals surface area contributed by atoms with Crippen LogP contribution in [0.15, 0.2) is 17.1 Å². The first-order valence-corrected chi connectivity index (χ1v) is 8.57. The Morgan fingerprint density at radius 2 is 2.05 bits per heavy atom. The van der Waals surface area contributed by atoms with Crippen molar-refractivity contribution in [3.8, 4) is 0 Å². The summed E-state index contributed by atoms with van der Waals surface area (Å²) in [6, 6.07) is 4.20. The number of hydrogen-bond donors (Lipinski definition) is 0. The minimum atomic E-state index is 0.0520. The molecule has 0 unspecified atom stereocenters. The monoisotopic (exact) mass is 333 g/mol. The van der Waals surface area contributed by atoms with E-state index in [1.165, 1.54) is 0 Å². The molecule has 0 bridgehead atoms. The van der Waals surface area contributed by atoms with Crippen molar-refractivity contribution in [2.45, 2.75) is 26.2 Å². The molecule has 0 N–H and O–H groups in total. The summed E-state index contributed by atoms with van der Waals surface area (Å²) in [5.74, 6) is 0. The van der Waals surface area contributed by atoms with Crippen LogP contribution >= 0.6 is 23.6 Å². The molecular formula is C16H19N3OS2. The van der Waals surface area contributed by atoms with Crippen LogP contribution in [0.5, 0.6) is 0 Å². The third-order valence-electron chi connectivity index (χ3n) is 3.64. The molecular weight excluding hydrogens is 314 g/mol. The van der Waals surface area contributed by atoms with Crippen LogP contribution in [0.2, 0.25) is 0 Å². The normalized spacial score (nSPS) is 15.9. The van der Waals surface area contributed by atoms with E-state index < -0.39 is 0 Å². The molecule has 6 heteroatoms. The average Bonchev–Trinajstić information content (AvgIpc) is 2.91. The highest BCUT2D eigenvalue weighted by molar-refractivity contribution is 7.78. The first kappa shape index (κ1) is 15.6. The van der Waals surface area contributed by atoms with E-state index in [-0.39, 0.29) is 5.41 Å². The van der Waals surface area contributed by atoms with Crippen LogP contribution in [0.4, 0.5) is 11.4 Å². The zero-order chi connectivity index (χ0) is 15.7. The molecule has 0 aliphatic carbocycles. The molecule has 0 saturated carbocycles. The number of aliphatic imine (C=N–C) groups is 1. The Morgan fingerprint density at radius 1 is 1.32 bits per heavy atom. The second kappa shape index (κ2) is 6.05. The lowest BCUT2D eigenvalue weighted by Gasteiger charge is -2.29. The first-order chi connectivity index (χ1) is 10.5. The maximum Gasteiger partial charge on any atom is 0.0992 e. The van der Waals surface area contributed by atoms with Crippen molar-refractivity contribution in [3.63, 3.8) is 0 Å². The van der Waals surface area contributed by atoms with Crippen LogP contribution < -0.4 is 4.90 Å². The predicted octanol–water partition coefficient (Wildman–Crippen LogP) is 4.16. The van der Waals surface area contributed by atoms with E-state index >= 15 is 0 Å². The average molecular weight is 333 g/mol. The summed E-state index contributed by atoms with van der Waals surface area (Å²) >= 11 is 6.53. The number of thiocarbonyl (C=S) groups is 1. The van der Waals surface area contributed by atoms with Crippen LogP contribution in [0.25, 0.3) is 10.2 Å². The van der Waals surface area contributed by atoms with E-state index in [0.717, 1.165) is 52.9 Å². The Hall–Kier alpha value is -1.33. The van der Waals surface area contributed by atoms with Gasteiger partial charge < -0.3 is 9.64 Å². The molecule has 3 rings (SSSR count). The highest BCUT2D eigenvalue weighted by Gasteiger charge is 2.21. The van der Waals surface area contributed by atoms with Crippen molar-refractivity contribution >= 4 is 50.3 Å². The van der Waals surface area contributed by atoms with E-state index in [0.29, 0.717) is 0 Å². The zero-order valence-corrected chi connectivity index (χ0v) is 14.7. The predicted molar refractivity (Wildman–Crippen MR) is 96.0 cm³/mol. The Kier molecular flexibility index (Phi) is 4.28. The smallest absolute Gasteiger partial charge is 0.0992 e. The van der Waals surface area contributed by atoms with Crippen molar-refractivity contribution in [2.75, 3.05) is 31.2 Å². The highest BCUT2D eigenvalue weighted by Crippen LogP contribution is 2.38. The fourth-order valence-corrected chi connectivity index (χ4v) is 3.61. The van der Waals surface area contributed by atoms with Gasteiger partial charge in [0.15, 0.2) is 0 Å². The van der Waals surface area contributed by atoms with Gasteiger partial charge >= 0.3 is 0 Å². The van der Waals surface area contributed by atoms with E-state index in [9.17, 15) is 0 Å². The summed E-state index contributed by atoms with van der Waals surface area (Å²) in [5, 5.41) is 3.64. The third-order valence-corrected chi connectivity index (χ3v) is 5.18. The molecule has 1 aliphatic heterocycles. The van der Waals surface area contributed by atoms with Gasteiger partial charge in [0.25, 0.3) is 0 Å². The number of thiazole rings is 1. The van der Waals surface area contributed by atoms with Crippen molar-refractivity contribution in [1.29, 1.82) is 0 Å². The van der Waals surface area contributed by atoms with Crippen LogP contribution in [-0.4, -0.2) is 36.4 Å². The van der Waals surface area contributed by atoms with Crippen LogP contribution in [0.1, 0.15) is 25.8 Å². The molecule has 1 aromatic carbocycles. The maximum atomic E-state index is 5.44. The first-order valence-electron chi connectivity index (χ1n) is 7.34. The largest absolute Gasteiger partial charge is 0.378 e. The molecule has 0 radical (unpaired) electrons. The molecule has 2 heterocycles. The molecule has 2 aromatic rings. The highest BCUT2D eigenvalue weighted by atomic mass is 32.1. The number of ether oxygens (including phenoxy) is 1. The van der Waals surface area contributed by atoms with Crippen molar-refractivity contribution in [2.24, 2.45) is 4.99 Å². The van der Waals surface area contributed by atoms with Gasteiger partial charge in [0.05, 0.1) is 45.0 Å². The minimum absolute atomic E-state index is 0.0520. The van der Waals surface area contributed by atoms with Gasteiger partial charge in [0, 0.05) is 18.5 Å². The second-order valence-corrected chi connectivity index (χ2v) is 7.59. The van der Waals surface area contributed by atoms with Gasteiger partial charge in [-0.2, -0.15) is 4.99 Å². The standard InChI is InChI=1S/C16H19N3OS2/c1-16(2,3)15-18-12-8-13(19-4-6-20-7-5-19)11(17-10-21)9-14(12)22-15/h8-9H,4-7H2,1-3H3. The number of isothiocyanates is 1. The van der Waals surface area contributed by atoms with Crippen molar-refractivity contribution < 1.29 is 4.74 Å². The van der Waals surface area contributed by atoms with Gasteiger partial charge in [-0.15, -0.1) is 11.3 Å². The van der Waals surface area contributed by atoms with Gasteiger partial charge in [0.2, 0.25) is 0 Å². The van der Waals surface area contributed by atoms with Gasteiger partial charge in [-0.25, -0.2) is 4.98 Å². The molecule has 22 heavy (non-hydrogen) atoms. The Bertz CT molecular complexity index is 736. The van der Waals surface area contributed by atoms with Crippen LogP contribution in [0, 0.1) is 0 Å². The molecule has 116 valence electrons. The lowest BCUT2D eigenvalue weighted by molar-refractivity contribution is 0.123. The fourth-order valence-electron chi connectivity index (χ4n) is 2.47. The summed E-state index contributed by atoms with van der Waals surface area (Å²) in [5.41, 5.74) is 3.02. The summed E-state index contributed by atoms with van der Waals surface area (Å²) in [6.07, 6.45) is 0. The van der Waals surface area contributed by atoms with E-state index in [2.05, 4.69) is 48.0 Å². The molecule has 0 spiro atoms. The van der Waals surface area contributed by atoms with Gasteiger partial charge in [-0.05, 0) is 24.4 Å². The van der Waals surface area contributed by atoms with E-state index in [4.69, 9.17) is 21.9 Å². The summed E-state index contributed by atoms with van der Waals surface area (Å²) in [7, 11) is 0. The molecule has 1 fully saturated rings. The van der Waals surface area contributed by atoms with Crippen LogP contribution in [0.3, 0.4) is 0 Å². The van der Waals surface area contributed by atoms with Gasteiger partial charge in [-0.3, -0.25) is 0 Å². The van der Waals surface area contributed by atoms with Crippen LogP contribution in [-0.2, 0) is 10.2 Å². The second-order valence-electron chi connectivity index (χ2n) is 6.38. The molecule has 1 aliphatic rings. The number of nitrogens with zero attached hydrogens (tertiary/aromatic N) is 3. The third kappa shape index (κ3) is 3.06. The number of morpholine rings is 1.